The van der Waals surface area contributed by atoms with Crippen LogP contribution in [0.15, 0.2) is 88.6 Å². The molecule has 0 aliphatic carbocycles. The molecule has 0 aliphatic rings. The van der Waals surface area contributed by atoms with E-state index in [9.17, 15) is 18.0 Å². The van der Waals surface area contributed by atoms with E-state index in [1.165, 1.54) is 24.3 Å². The van der Waals surface area contributed by atoms with E-state index in [1.54, 1.807) is 54.6 Å². The van der Waals surface area contributed by atoms with Crippen LogP contribution in [0.1, 0.15) is 10.4 Å². The summed E-state index contributed by atoms with van der Waals surface area (Å²) < 4.78 is 33.4. The second-order valence-electron chi connectivity index (χ2n) is 6.47. The number of rotatable bonds is 6. The summed E-state index contributed by atoms with van der Waals surface area (Å²) in [4.78, 5) is 24.7. The number of para-hydroxylation sites is 1. The standard InChI is InChI=1S/C21H16N4O5S/c26-20-18-8-4-5-9-19(18)22-24-25(20)14-30-21(27)15-10-12-17(13-11-15)31(28,29)23-16-6-2-1-3-7-16/h1-13,23H,14H2. The average Bonchev–Trinajstić information content (AvgIpc) is 2.79. The van der Waals surface area contributed by atoms with Crippen molar-refractivity contribution in [3.8, 4) is 0 Å². The molecule has 3 aromatic carbocycles. The molecule has 0 saturated carbocycles. The highest BCUT2D eigenvalue weighted by atomic mass is 32.2. The molecule has 0 atom stereocenters. The smallest absolute Gasteiger partial charge is 0.339 e. The average molecular weight is 436 g/mol. The Morgan fingerprint density at radius 2 is 1.61 bits per heavy atom. The molecule has 0 fully saturated rings. The summed E-state index contributed by atoms with van der Waals surface area (Å²) in [5, 5.41) is 8.02. The molecule has 1 aromatic heterocycles. The van der Waals surface area contributed by atoms with Crippen molar-refractivity contribution in [1.82, 2.24) is 15.0 Å². The van der Waals surface area contributed by atoms with Gasteiger partial charge in [0.2, 0.25) is 0 Å². The van der Waals surface area contributed by atoms with E-state index < -0.39 is 28.3 Å². The Hall–Kier alpha value is -4.05. The molecule has 0 spiro atoms. The van der Waals surface area contributed by atoms with Gasteiger partial charge in [0.1, 0.15) is 5.52 Å². The monoisotopic (exact) mass is 436 g/mol. The van der Waals surface area contributed by atoms with Crippen LogP contribution in [-0.4, -0.2) is 29.4 Å². The summed E-state index contributed by atoms with van der Waals surface area (Å²) in [6.07, 6.45) is 0. The van der Waals surface area contributed by atoms with Gasteiger partial charge in [0.15, 0.2) is 6.73 Å². The summed E-state index contributed by atoms with van der Waals surface area (Å²) in [5.41, 5.74) is 0.552. The predicted molar refractivity (Wildman–Crippen MR) is 113 cm³/mol. The molecule has 1 N–H and O–H groups in total. The Morgan fingerprint density at radius 1 is 0.935 bits per heavy atom. The molecule has 0 radical (unpaired) electrons. The van der Waals surface area contributed by atoms with Gasteiger partial charge in [-0.15, -0.1) is 5.10 Å². The molecule has 4 rings (SSSR count). The summed E-state index contributed by atoms with van der Waals surface area (Å²) in [6.45, 7) is -0.425. The molecule has 0 amide bonds. The van der Waals surface area contributed by atoms with Gasteiger partial charge in [-0.05, 0) is 48.5 Å². The fourth-order valence-electron chi connectivity index (χ4n) is 2.80. The van der Waals surface area contributed by atoms with Crippen LogP contribution in [0.2, 0.25) is 0 Å². The van der Waals surface area contributed by atoms with Gasteiger partial charge < -0.3 is 4.74 Å². The van der Waals surface area contributed by atoms with Crippen molar-refractivity contribution < 1.29 is 17.9 Å². The highest BCUT2D eigenvalue weighted by Gasteiger charge is 2.16. The first-order chi connectivity index (χ1) is 14.9. The van der Waals surface area contributed by atoms with E-state index in [1.807, 2.05) is 0 Å². The van der Waals surface area contributed by atoms with Gasteiger partial charge in [0, 0.05) is 5.69 Å². The van der Waals surface area contributed by atoms with Gasteiger partial charge in [-0.2, -0.15) is 4.68 Å². The SMILES string of the molecule is O=C(OCn1nnc2ccccc2c1=O)c1ccc(S(=O)(=O)Nc2ccccc2)cc1. The lowest BCUT2D eigenvalue weighted by atomic mass is 10.2. The number of aromatic nitrogens is 3. The van der Waals surface area contributed by atoms with Crippen molar-refractivity contribution in [1.29, 1.82) is 0 Å². The maximum Gasteiger partial charge on any atom is 0.339 e. The Labute approximate surface area is 177 Å². The van der Waals surface area contributed by atoms with Crippen LogP contribution < -0.4 is 10.3 Å². The molecule has 0 bridgehead atoms. The van der Waals surface area contributed by atoms with Crippen LogP contribution in [0.4, 0.5) is 5.69 Å². The first-order valence-corrected chi connectivity index (χ1v) is 10.6. The van der Waals surface area contributed by atoms with Crippen LogP contribution >= 0.6 is 0 Å². The minimum absolute atomic E-state index is 0.00971. The third-order valence-electron chi connectivity index (χ3n) is 4.37. The van der Waals surface area contributed by atoms with Crippen molar-refractivity contribution in [2.75, 3.05) is 4.72 Å². The maximum absolute atomic E-state index is 12.5. The molecular weight excluding hydrogens is 420 g/mol. The fraction of sp³-hybridized carbons (Fsp3) is 0.0476. The Balaban J connectivity index is 1.45. The molecule has 1 heterocycles. The van der Waals surface area contributed by atoms with Crippen molar-refractivity contribution in [3.05, 3.63) is 94.8 Å². The van der Waals surface area contributed by atoms with Crippen LogP contribution in [0, 0.1) is 0 Å². The summed E-state index contributed by atoms with van der Waals surface area (Å²) in [7, 11) is -3.80. The van der Waals surface area contributed by atoms with Gasteiger partial charge in [0.25, 0.3) is 15.6 Å². The Bertz CT molecular complexity index is 1400. The van der Waals surface area contributed by atoms with Crippen LogP contribution in [-0.2, 0) is 21.5 Å². The van der Waals surface area contributed by atoms with E-state index in [-0.39, 0.29) is 10.5 Å². The molecule has 31 heavy (non-hydrogen) atoms. The largest absolute Gasteiger partial charge is 0.439 e. The number of benzene rings is 3. The van der Waals surface area contributed by atoms with Crippen LogP contribution in [0.3, 0.4) is 0 Å². The molecule has 10 heteroatoms. The number of carbonyl (C=O) groups excluding carboxylic acids is 1. The Morgan fingerprint density at radius 3 is 2.35 bits per heavy atom. The number of nitrogens with zero attached hydrogens (tertiary/aromatic N) is 3. The van der Waals surface area contributed by atoms with E-state index in [4.69, 9.17) is 4.74 Å². The second-order valence-corrected chi connectivity index (χ2v) is 8.15. The first-order valence-electron chi connectivity index (χ1n) is 9.12. The minimum Gasteiger partial charge on any atom is -0.439 e. The van der Waals surface area contributed by atoms with Gasteiger partial charge in [-0.1, -0.05) is 35.5 Å². The molecule has 0 saturated heterocycles. The number of ether oxygens (including phenoxy) is 1. The van der Waals surface area contributed by atoms with Gasteiger partial charge >= 0.3 is 5.97 Å². The lowest BCUT2D eigenvalue weighted by Crippen LogP contribution is -2.26. The third-order valence-corrected chi connectivity index (χ3v) is 5.77. The number of hydrogen-bond acceptors (Lipinski definition) is 7. The fourth-order valence-corrected chi connectivity index (χ4v) is 3.86. The highest BCUT2D eigenvalue weighted by Crippen LogP contribution is 2.16. The number of anilines is 1. The quantitative estimate of drug-likeness (QED) is 0.461. The zero-order valence-corrected chi connectivity index (χ0v) is 16.8. The number of sulfonamides is 1. The number of fused-ring (bicyclic) bond motifs is 1. The van der Waals surface area contributed by atoms with Crippen molar-refractivity contribution in [2.24, 2.45) is 0 Å². The topological polar surface area (TPSA) is 120 Å². The van der Waals surface area contributed by atoms with E-state index >= 15 is 0 Å². The van der Waals surface area contributed by atoms with E-state index in [2.05, 4.69) is 15.0 Å². The van der Waals surface area contributed by atoms with E-state index in [0.29, 0.717) is 16.6 Å². The van der Waals surface area contributed by atoms with Gasteiger partial charge in [-0.25, -0.2) is 13.2 Å². The molecule has 0 aliphatic heterocycles. The lowest BCUT2D eigenvalue weighted by molar-refractivity contribution is 0.0336. The normalized spacial score (nSPS) is 11.2. The number of nitrogens with one attached hydrogen (secondary N) is 1. The molecular formula is C21H16N4O5S. The Kier molecular flexibility index (Phi) is 5.46. The lowest BCUT2D eigenvalue weighted by Gasteiger charge is -2.09. The second kappa shape index (κ2) is 8.36. The molecule has 0 unspecified atom stereocenters. The zero-order chi connectivity index (χ0) is 21.8. The highest BCUT2D eigenvalue weighted by molar-refractivity contribution is 7.92. The van der Waals surface area contributed by atoms with Gasteiger partial charge in [-0.3, -0.25) is 9.52 Å². The molecule has 4 aromatic rings. The minimum atomic E-state index is -3.80. The summed E-state index contributed by atoms with van der Waals surface area (Å²) >= 11 is 0. The predicted octanol–water partition coefficient (Wildman–Crippen LogP) is 2.41. The van der Waals surface area contributed by atoms with E-state index in [0.717, 1.165) is 4.68 Å². The molecule has 9 nitrogen and oxygen atoms in total. The van der Waals surface area contributed by atoms with Crippen LogP contribution in [0.5, 0.6) is 0 Å². The third kappa shape index (κ3) is 4.43. The summed E-state index contributed by atoms with van der Waals surface area (Å²) in [6, 6.07) is 20.4. The van der Waals surface area contributed by atoms with Crippen molar-refractivity contribution in [3.63, 3.8) is 0 Å². The number of hydrogen-bond donors (Lipinski definition) is 1. The zero-order valence-electron chi connectivity index (χ0n) is 16.0. The number of esters is 1. The molecule has 156 valence electrons. The van der Waals surface area contributed by atoms with Crippen LogP contribution in [0.25, 0.3) is 10.9 Å². The first kappa shape index (κ1) is 20.2. The summed E-state index contributed by atoms with van der Waals surface area (Å²) in [5.74, 6) is -0.734. The van der Waals surface area contributed by atoms with Crippen molar-refractivity contribution >= 4 is 32.6 Å². The van der Waals surface area contributed by atoms with Gasteiger partial charge in [0.05, 0.1) is 15.8 Å². The maximum atomic E-state index is 12.5. The van der Waals surface area contributed by atoms with Crippen molar-refractivity contribution in [2.45, 2.75) is 11.6 Å². The number of carbonyl (C=O) groups is 1.